The smallest absolute Gasteiger partial charge is 0.303 e. The summed E-state index contributed by atoms with van der Waals surface area (Å²) in [6.07, 6.45) is 2.62. The molecule has 1 fully saturated rings. The number of aromatic nitrogens is 2. The van der Waals surface area contributed by atoms with E-state index in [0.29, 0.717) is 26.3 Å². The number of morpholine rings is 1. The molecule has 0 unspecified atom stereocenters. The molecule has 7 nitrogen and oxygen atoms in total. The molecule has 1 aliphatic rings. The van der Waals surface area contributed by atoms with Crippen LogP contribution in [0.25, 0.3) is 0 Å². The lowest BCUT2D eigenvalue weighted by Crippen LogP contribution is -2.43. The third-order valence-corrected chi connectivity index (χ3v) is 3.84. The van der Waals surface area contributed by atoms with E-state index in [1.807, 2.05) is 0 Å². The van der Waals surface area contributed by atoms with E-state index < -0.39 is 10.2 Å². The summed E-state index contributed by atoms with van der Waals surface area (Å²) in [5.74, 6) is 0.101. The number of ether oxygens (including phenoxy) is 1. The van der Waals surface area contributed by atoms with Crippen LogP contribution < -0.4 is 4.72 Å². The van der Waals surface area contributed by atoms with Crippen molar-refractivity contribution in [1.82, 2.24) is 14.3 Å². The van der Waals surface area contributed by atoms with Gasteiger partial charge in [0.2, 0.25) is 0 Å². The standard InChI is InChI=1S/C8H11ClN4O3S/c9-7-5-10-6-8(11-7)12-17(14,15)13-1-3-16-4-2-13/h5-6H,1-4H2,(H,11,12). The van der Waals surface area contributed by atoms with Crippen molar-refractivity contribution in [3.05, 3.63) is 17.5 Å². The van der Waals surface area contributed by atoms with E-state index in [9.17, 15) is 8.42 Å². The summed E-state index contributed by atoms with van der Waals surface area (Å²) >= 11 is 5.62. The topological polar surface area (TPSA) is 84.4 Å². The summed E-state index contributed by atoms with van der Waals surface area (Å²) in [6.45, 7) is 1.43. The minimum Gasteiger partial charge on any atom is -0.379 e. The predicted molar refractivity (Wildman–Crippen MR) is 62.0 cm³/mol. The van der Waals surface area contributed by atoms with Gasteiger partial charge >= 0.3 is 10.2 Å². The van der Waals surface area contributed by atoms with Gasteiger partial charge in [-0.2, -0.15) is 12.7 Å². The van der Waals surface area contributed by atoms with E-state index in [2.05, 4.69) is 14.7 Å². The molecule has 1 saturated heterocycles. The maximum atomic E-state index is 11.9. The Morgan fingerprint density at radius 1 is 1.35 bits per heavy atom. The summed E-state index contributed by atoms with van der Waals surface area (Å²) in [4.78, 5) is 7.56. The van der Waals surface area contributed by atoms with Crippen LogP contribution in [-0.4, -0.2) is 49.0 Å². The average molecular weight is 279 g/mol. The van der Waals surface area contributed by atoms with Crippen molar-refractivity contribution in [2.45, 2.75) is 0 Å². The molecular formula is C8H11ClN4O3S. The molecule has 1 aliphatic heterocycles. The Morgan fingerprint density at radius 3 is 2.71 bits per heavy atom. The van der Waals surface area contributed by atoms with Gasteiger partial charge in [0.05, 0.1) is 25.6 Å². The molecule has 9 heteroatoms. The van der Waals surface area contributed by atoms with Crippen LogP contribution in [0.3, 0.4) is 0 Å². The molecule has 1 aromatic heterocycles. The molecule has 1 aromatic rings. The third-order valence-electron chi connectivity index (χ3n) is 2.15. The molecule has 2 heterocycles. The summed E-state index contributed by atoms with van der Waals surface area (Å²) in [5.41, 5.74) is 0. The molecule has 2 rings (SSSR count). The summed E-state index contributed by atoms with van der Waals surface area (Å²) in [7, 11) is -3.61. The lowest BCUT2D eigenvalue weighted by atomic mass is 10.5. The molecule has 1 N–H and O–H groups in total. The van der Waals surface area contributed by atoms with Gasteiger partial charge in [-0.1, -0.05) is 11.6 Å². The van der Waals surface area contributed by atoms with Crippen LogP contribution >= 0.6 is 11.6 Å². The van der Waals surface area contributed by atoms with Gasteiger partial charge in [-0.15, -0.1) is 0 Å². The monoisotopic (exact) mass is 278 g/mol. The maximum Gasteiger partial charge on any atom is 0.303 e. The minimum atomic E-state index is -3.61. The number of nitrogens with zero attached hydrogens (tertiary/aromatic N) is 3. The van der Waals surface area contributed by atoms with Gasteiger partial charge in [-0.05, 0) is 0 Å². The highest BCUT2D eigenvalue weighted by Gasteiger charge is 2.24. The van der Waals surface area contributed by atoms with Gasteiger partial charge in [0.25, 0.3) is 0 Å². The number of hydrogen-bond acceptors (Lipinski definition) is 5. The molecule has 94 valence electrons. The van der Waals surface area contributed by atoms with Crippen molar-refractivity contribution in [3.8, 4) is 0 Å². The number of halogens is 1. The lowest BCUT2D eigenvalue weighted by Gasteiger charge is -2.25. The Kier molecular flexibility index (Phi) is 3.77. The second-order valence-corrected chi connectivity index (χ2v) is 5.40. The Morgan fingerprint density at radius 2 is 2.06 bits per heavy atom. The number of rotatable bonds is 3. The minimum absolute atomic E-state index is 0.101. The van der Waals surface area contributed by atoms with Crippen molar-refractivity contribution in [2.24, 2.45) is 0 Å². The first kappa shape index (κ1) is 12.5. The Balaban J connectivity index is 2.11. The van der Waals surface area contributed by atoms with Gasteiger partial charge < -0.3 is 4.74 Å². The van der Waals surface area contributed by atoms with E-state index in [0.717, 1.165) is 0 Å². The summed E-state index contributed by atoms with van der Waals surface area (Å²) in [6, 6.07) is 0. The van der Waals surface area contributed by atoms with Crippen molar-refractivity contribution in [1.29, 1.82) is 0 Å². The summed E-state index contributed by atoms with van der Waals surface area (Å²) in [5, 5.41) is 0.132. The van der Waals surface area contributed by atoms with Gasteiger partial charge in [0.15, 0.2) is 5.82 Å². The third kappa shape index (κ3) is 3.25. The predicted octanol–water partition coefficient (Wildman–Crippen LogP) is 0.119. The highest BCUT2D eigenvalue weighted by atomic mass is 35.5. The van der Waals surface area contributed by atoms with Crippen LogP contribution in [0.15, 0.2) is 12.4 Å². The first-order valence-electron chi connectivity index (χ1n) is 4.91. The fraction of sp³-hybridized carbons (Fsp3) is 0.500. The van der Waals surface area contributed by atoms with E-state index in [4.69, 9.17) is 16.3 Å². The Labute approximate surface area is 104 Å². The van der Waals surface area contributed by atoms with Crippen LogP contribution in [0, 0.1) is 0 Å². The average Bonchev–Trinajstić information content (AvgIpc) is 2.29. The molecule has 0 aromatic carbocycles. The second-order valence-electron chi connectivity index (χ2n) is 3.35. The van der Waals surface area contributed by atoms with Crippen LogP contribution in [0.1, 0.15) is 0 Å². The first-order chi connectivity index (χ1) is 8.08. The SMILES string of the molecule is O=S(=O)(Nc1cncc(Cl)n1)N1CCOCC1. The fourth-order valence-corrected chi connectivity index (χ4v) is 2.64. The number of anilines is 1. The fourth-order valence-electron chi connectivity index (χ4n) is 1.38. The maximum absolute atomic E-state index is 11.9. The molecular weight excluding hydrogens is 268 g/mol. The molecule has 0 spiro atoms. The zero-order chi connectivity index (χ0) is 12.3. The molecule has 0 saturated carbocycles. The van der Waals surface area contributed by atoms with Gasteiger partial charge in [0, 0.05) is 13.1 Å². The van der Waals surface area contributed by atoms with Crippen LogP contribution in [0.2, 0.25) is 5.15 Å². The van der Waals surface area contributed by atoms with Crippen molar-refractivity contribution < 1.29 is 13.2 Å². The molecule has 17 heavy (non-hydrogen) atoms. The second kappa shape index (κ2) is 5.13. The quantitative estimate of drug-likeness (QED) is 0.849. The molecule has 0 atom stereocenters. The van der Waals surface area contributed by atoms with Crippen LogP contribution in [0.5, 0.6) is 0 Å². The van der Waals surface area contributed by atoms with E-state index in [1.54, 1.807) is 0 Å². The van der Waals surface area contributed by atoms with Gasteiger partial charge in [-0.25, -0.2) is 4.98 Å². The Bertz CT molecular complexity index is 489. The van der Waals surface area contributed by atoms with Crippen LogP contribution in [-0.2, 0) is 14.9 Å². The van der Waals surface area contributed by atoms with Crippen molar-refractivity contribution in [3.63, 3.8) is 0 Å². The molecule has 0 aliphatic carbocycles. The van der Waals surface area contributed by atoms with Gasteiger partial charge in [-0.3, -0.25) is 9.71 Å². The first-order valence-corrected chi connectivity index (χ1v) is 6.73. The largest absolute Gasteiger partial charge is 0.379 e. The number of hydrogen-bond donors (Lipinski definition) is 1. The normalized spacial score (nSPS) is 17.9. The van der Waals surface area contributed by atoms with E-state index in [-0.39, 0.29) is 11.0 Å². The van der Waals surface area contributed by atoms with E-state index >= 15 is 0 Å². The number of nitrogens with one attached hydrogen (secondary N) is 1. The summed E-state index contributed by atoms with van der Waals surface area (Å²) < 4.78 is 32.5. The van der Waals surface area contributed by atoms with Crippen LogP contribution in [0.4, 0.5) is 5.82 Å². The molecule has 0 radical (unpaired) electrons. The van der Waals surface area contributed by atoms with Crippen molar-refractivity contribution >= 4 is 27.6 Å². The zero-order valence-electron chi connectivity index (χ0n) is 8.84. The molecule has 0 amide bonds. The zero-order valence-corrected chi connectivity index (χ0v) is 10.4. The van der Waals surface area contributed by atoms with E-state index in [1.165, 1.54) is 16.7 Å². The van der Waals surface area contributed by atoms with Gasteiger partial charge in [0.1, 0.15) is 5.15 Å². The molecule has 0 bridgehead atoms. The van der Waals surface area contributed by atoms with Crippen molar-refractivity contribution in [2.75, 3.05) is 31.0 Å². The Hall–Kier alpha value is -0.960. The highest BCUT2D eigenvalue weighted by Crippen LogP contribution is 2.11. The highest BCUT2D eigenvalue weighted by molar-refractivity contribution is 7.90. The lowest BCUT2D eigenvalue weighted by molar-refractivity contribution is 0.0733.